The molecule has 2 atom stereocenters. The minimum Gasteiger partial charge on any atom is -0.480 e. The van der Waals surface area contributed by atoms with Gasteiger partial charge in [0.2, 0.25) is 5.91 Å². The van der Waals surface area contributed by atoms with E-state index >= 15 is 0 Å². The average Bonchev–Trinajstić information content (AvgIpc) is 2.80. The topological polar surface area (TPSA) is 77.8 Å². The van der Waals surface area contributed by atoms with Gasteiger partial charge in [-0.1, -0.05) is 29.3 Å². The Morgan fingerprint density at radius 1 is 1.29 bits per heavy atom. The number of aliphatic hydroxyl groups excluding tert-OH is 1. The molecule has 5 nitrogen and oxygen atoms in total. The van der Waals surface area contributed by atoms with E-state index in [0.717, 1.165) is 4.90 Å². The van der Waals surface area contributed by atoms with Crippen LogP contribution in [-0.4, -0.2) is 45.7 Å². The van der Waals surface area contributed by atoms with Gasteiger partial charge in [-0.3, -0.25) is 4.79 Å². The zero-order valence-electron chi connectivity index (χ0n) is 10.9. The van der Waals surface area contributed by atoms with Gasteiger partial charge in [-0.2, -0.15) is 0 Å². The quantitative estimate of drug-likeness (QED) is 0.832. The molecule has 1 saturated heterocycles. The molecule has 1 aliphatic rings. The molecule has 1 fully saturated rings. The van der Waals surface area contributed by atoms with Gasteiger partial charge in [0.25, 0.3) is 0 Å². The van der Waals surface area contributed by atoms with Crippen molar-refractivity contribution in [2.24, 2.45) is 0 Å². The number of halogens is 2. The molecule has 112 valence electrons. The van der Waals surface area contributed by atoms with Crippen LogP contribution in [0.4, 0.5) is 0 Å². The molecule has 0 aromatic heterocycles. The van der Waals surface area contributed by atoms with E-state index < -0.39 is 24.0 Å². The molecule has 2 N–H and O–H groups in total. The Kier molecular flexibility index (Phi) is 4.88. The first-order valence-electron chi connectivity index (χ1n) is 6.23. The summed E-state index contributed by atoms with van der Waals surface area (Å²) in [6.45, 7) is -0.00358. The standard InChI is InChI=1S/C14H13Cl2NO4/c15-10-2-1-3-11(16)9(10)4-5-13(19)17-7-8(18)6-12(17)14(20)21/h1-5,8,12,18H,6-7H2,(H,20,21)/t8-,12+/m1/s1. The molecule has 0 spiro atoms. The van der Waals surface area contributed by atoms with Crippen LogP contribution in [0.3, 0.4) is 0 Å². The van der Waals surface area contributed by atoms with E-state index in [4.69, 9.17) is 28.3 Å². The van der Waals surface area contributed by atoms with Crippen LogP contribution in [0.1, 0.15) is 12.0 Å². The molecule has 0 saturated carbocycles. The molecule has 7 heteroatoms. The molecule has 1 amide bonds. The van der Waals surface area contributed by atoms with Crippen molar-refractivity contribution in [1.29, 1.82) is 0 Å². The lowest BCUT2D eigenvalue weighted by Crippen LogP contribution is -2.39. The molecule has 0 radical (unpaired) electrons. The number of carbonyl (C=O) groups is 2. The number of β-amino-alcohol motifs (C(OH)–C–C–N with tert-alkyl or cyclic N) is 1. The third-order valence-corrected chi connectivity index (χ3v) is 3.90. The third kappa shape index (κ3) is 3.56. The largest absolute Gasteiger partial charge is 0.480 e. The summed E-state index contributed by atoms with van der Waals surface area (Å²) in [5.41, 5.74) is 0.487. The number of hydrogen-bond acceptors (Lipinski definition) is 3. The van der Waals surface area contributed by atoms with Gasteiger partial charge in [-0.25, -0.2) is 4.79 Å². The second-order valence-electron chi connectivity index (χ2n) is 4.70. The predicted octanol–water partition coefficient (Wildman–Crippen LogP) is 2.05. The van der Waals surface area contributed by atoms with Crippen molar-refractivity contribution in [1.82, 2.24) is 4.90 Å². The molecule has 21 heavy (non-hydrogen) atoms. The summed E-state index contributed by atoms with van der Waals surface area (Å²) in [5, 5.41) is 19.4. The molecule has 0 unspecified atom stereocenters. The maximum Gasteiger partial charge on any atom is 0.326 e. The maximum atomic E-state index is 12.1. The lowest BCUT2D eigenvalue weighted by molar-refractivity contribution is -0.146. The summed E-state index contributed by atoms with van der Waals surface area (Å²) in [4.78, 5) is 24.3. The molecule has 1 aliphatic heterocycles. The van der Waals surface area contributed by atoms with Crippen molar-refractivity contribution in [3.05, 3.63) is 39.9 Å². The Balaban J connectivity index is 2.17. The Hall–Kier alpha value is -1.56. The number of aliphatic carboxylic acids is 1. The number of nitrogens with zero attached hydrogens (tertiary/aromatic N) is 1. The Bertz CT molecular complexity index is 582. The van der Waals surface area contributed by atoms with Crippen LogP contribution in [-0.2, 0) is 9.59 Å². The van der Waals surface area contributed by atoms with Crippen molar-refractivity contribution in [2.45, 2.75) is 18.6 Å². The first-order chi connectivity index (χ1) is 9.90. The van der Waals surface area contributed by atoms with Crippen LogP contribution in [0.25, 0.3) is 6.08 Å². The fraction of sp³-hybridized carbons (Fsp3) is 0.286. The fourth-order valence-corrected chi connectivity index (χ4v) is 2.74. The van der Waals surface area contributed by atoms with Crippen LogP contribution < -0.4 is 0 Å². The fourth-order valence-electron chi connectivity index (χ4n) is 2.21. The number of rotatable bonds is 3. The number of hydrogen-bond donors (Lipinski definition) is 2. The molecule has 2 rings (SSSR count). The Labute approximate surface area is 131 Å². The second-order valence-corrected chi connectivity index (χ2v) is 5.52. The number of carbonyl (C=O) groups excluding carboxylic acids is 1. The number of amides is 1. The van der Waals surface area contributed by atoms with Gasteiger partial charge in [0.05, 0.1) is 6.10 Å². The average molecular weight is 330 g/mol. The van der Waals surface area contributed by atoms with Crippen molar-refractivity contribution in [2.75, 3.05) is 6.54 Å². The first-order valence-corrected chi connectivity index (χ1v) is 6.99. The van der Waals surface area contributed by atoms with Crippen LogP contribution in [0.2, 0.25) is 10.0 Å². The summed E-state index contributed by atoms with van der Waals surface area (Å²) in [6, 6.07) is 3.94. The summed E-state index contributed by atoms with van der Waals surface area (Å²) in [5.74, 6) is -1.64. The summed E-state index contributed by atoms with van der Waals surface area (Å²) in [6.07, 6.45) is 1.85. The van der Waals surface area contributed by atoms with Crippen molar-refractivity contribution in [3.8, 4) is 0 Å². The Morgan fingerprint density at radius 2 is 1.90 bits per heavy atom. The van der Waals surface area contributed by atoms with Crippen molar-refractivity contribution in [3.63, 3.8) is 0 Å². The van der Waals surface area contributed by atoms with Gasteiger partial charge < -0.3 is 15.1 Å². The highest BCUT2D eigenvalue weighted by molar-refractivity contribution is 6.37. The van der Waals surface area contributed by atoms with Gasteiger partial charge in [0.1, 0.15) is 6.04 Å². The number of likely N-dealkylation sites (tertiary alicyclic amines) is 1. The predicted molar refractivity (Wildman–Crippen MR) is 79.3 cm³/mol. The third-order valence-electron chi connectivity index (χ3n) is 3.24. The van der Waals surface area contributed by atoms with E-state index in [1.54, 1.807) is 18.2 Å². The minimum atomic E-state index is -1.14. The van der Waals surface area contributed by atoms with Crippen LogP contribution in [0.5, 0.6) is 0 Å². The maximum absolute atomic E-state index is 12.1. The van der Waals surface area contributed by atoms with Crippen LogP contribution >= 0.6 is 23.2 Å². The van der Waals surface area contributed by atoms with Gasteiger partial charge in [-0.05, 0) is 18.2 Å². The number of aliphatic hydroxyl groups is 1. The van der Waals surface area contributed by atoms with Crippen LogP contribution in [0.15, 0.2) is 24.3 Å². The van der Waals surface area contributed by atoms with Gasteiger partial charge in [0, 0.05) is 34.7 Å². The normalized spacial score (nSPS) is 22.0. The monoisotopic (exact) mass is 329 g/mol. The SMILES string of the molecule is O=C(O)[C@@H]1C[C@@H](O)CN1C(=O)C=Cc1c(Cl)cccc1Cl. The van der Waals surface area contributed by atoms with E-state index in [-0.39, 0.29) is 13.0 Å². The summed E-state index contributed by atoms with van der Waals surface area (Å²) < 4.78 is 0. The van der Waals surface area contributed by atoms with Gasteiger partial charge in [-0.15, -0.1) is 0 Å². The number of benzene rings is 1. The highest BCUT2D eigenvalue weighted by atomic mass is 35.5. The number of carboxylic acid groups (broad SMARTS) is 1. The Morgan fingerprint density at radius 3 is 2.48 bits per heavy atom. The van der Waals surface area contributed by atoms with E-state index in [1.807, 2.05) is 0 Å². The van der Waals surface area contributed by atoms with Gasteiger partial charge >= 0.3 is 5.97 Å². The lowest BCUT2D eigenvalue weighted by Gasteiger charge is -2.19. The summed E-state index contributed by atoms with van der Waals surface area (Å²) in [7, 11) is 0. The molecule has 1 heterocycles. The van der Waals surface area contributed by atoms with E-state index in [1.165, 1.54) is 12.2 Å². The molecule has 1 aromatic rings. The lowest BCUT2D eigenvalue weighted by atomic mass is 10.2. The van der Waals surface area contributed by atoms with Crippen molar-refractivity contribution < 1.29 is 19.8 Å². The molecule has 0 bridgehead atoms. The molecular formula is C14H13Cl2NO4. The highest BCUT2D eigenvalue weighted by Crippen LogP contribution is 2.26. The highest BCUT2D eigenvalue weighted by Gasteiger charge is 2.38. The van der Waals surface area contributed by atoms with Gasteiger partial charge in [0.15, 0.2) is 0 Å². The smallest absolute Gasteiger partial charge is 0.326 e. The molecule has 0 aliphatic carbocycles. The van der Waals surface area contributed by atoms with E-state index in [2.05, 4.69) is 0 Å². The first kappa shape index (κ1) is 15.8. The molecular weight excluding hydrogens is 317 g/mol. The zero-order chi connectivity index (χ0) is 15.6. The second kappa shape index (κ2) is 6.47. The number of carboxylic acids is 1. The minimum absolute atomic E-state index is 0.00358. The molecule has 1 aromatic carbocycles. The zero-order valence-corrected chi connectivity index (χ0v) is 12.4. The summed E-state index contributed by atoms with van der Waals surface area (Å²) >= 11 is 12.0. The van der Waals surface area contributed by atoms with Crippen molar-refractivity contribution >= 4 is 41.2 Å². The van der Waals surface area contributed by atoms with E-state index in [9.17, 15) is 14.7 Å². The van der Waals surface area contributed by atoms with Crippen LogP contribution in [0, 0.1) is 0 Å². The van der Waals surface area contributed by atoms with E-state index in [0.29, 0.717) is 15.6 Å².